The predicted octanol–water partition coefficient (Wildman–Crippen LogP) is 5.01. The molecular weight excluding hydrogens is 499 g/mol. The fraction of sp³-hybridized carbons (Fsp3) is 0.357. The fourth-order valence-electron chi connectivity index (χ4n) is 5.21. The number of aryl methyl sites for hydroxylation is 1. The molecule has 0 aliphatic carbocycles. The van der Waals surface area contributed by atoms with E-state index in [0.29, 0.717) is 32.7 Å². The van der Waals surface area contributed by atoms with Gasteiger partial charge >= 0.3 is 6.18 Å². The zero-order chi connectivity index (χ0) is 26.2. The number of hydrogen-bond acceptors (Lipinski definition) is 4. The monoisotopic (exact) mass is 527 g/mol. The molecule has 1 atom stereocenters. The van der Waals surface area contributed by atoms with Crippen molar-refractivity contribution in [2.75, 3.05) is 39.3 Å². The van der Waals surface area contributed by atoms with E-state index in [1.165, 1.54) is 33.7 Å². The average Bonchev–Trinajstić information content (AvgIpc) is 3.37. The zero-order valence-corrected chi connectivity index (χ0v) is 21.3. The molecular formula is C28H28F3N3O2S. The Balaban J connectivity index is 1.23. The first-order valence-corrected chi connectivity index (χ1v) is 13.2. The Labute approximate surface area is 218 Å². The molecule has 194 valence electrons. The number of alkyl halides is 3. The minimum absolute atomic E-state index is 0.0268. The lowest BCUT2D eigenvalue weighted by Crippen LogP contribution is -2.53. The number of thiophene rings is 1. The molecule has 2 aliphatic heterocycles. The summed E-state index contributed by atoms with van der Waals surface area (Å²) in [7, 11) is 0. The highest BCUT2D eigenvalue weighted by Crippen LogP contribution is 2.38. The zero-order valence-electron chi connectivity index (χ0n) is 20.5. The molecule has 2 aromatic carbocycles. The van der Waals surface area contributed by atoms with Crippen LogP contribution in [-0.2, 0) is 17.4 Å². The Kier molecular flexibility index (Phi) is 7.09. The van der Waals surface area contributed by atoms with Crippen molar-refractivity contribution in [3.05, 3.63) is 92.7 Å². The Morgan fingerprint density at radius 2 is 1.57 bits per heavy atom. The summed E-state index contributed by atoms with van der Waals surface area (Å²) in [6.07, 6.45) is -3.52. The van der Waals surface area contributed by atoms with Crippen LogP contribution in [0, 0.1) is 6.92 Å². The SMILES string of the molecule is Cc1ccccc1[C@@H]1c2ccsc2CCN1CC(=O)N1CCN(C(=O)c2ccc(C(F)(F)F)cc2)CC1. The number of carbonyl (C=O) groups is 2. The van der Waals surface area contributed by atoms with Crippen LogP contribution >= 0.6 is 11.3 Å². The number of rotatable bonds is 4. The maximum atomic E-state index is 13.3. The van der Waals surface area contributed by atoms with Gasteiger partial charge in [0.05, 0.1) is 18.2 Å². The Hall–Kier alpha value is -3.17. The normalized spacial score (nSPS) is 18.5. The van der Waals surface area contributed by atoms with Gasteiger partial charge < -0.3 is 9.80 Å². The van der Waals surface area contributed by atoms with Gasteiger partial charge in [-0.3, -0.25) is 14.5 Å². The molecule has 3 aromatic rings. The van der Waals surface area contributed by atoms with Crippen molar-refractivity contribution in [2.24, 2.45) is 0 Å². The van der Waals surface area contributed by atoms with Crippen molar-refractivity contribution in [1.82, 2.24) is 14.7 Å². The molecule has 37 heavy (non-hydrogen) atoms. The van der Waals surface area contributed by atoms with Crippen LogP contribution < -0.4 is 0 Å². The van der Waals surface area contributed by atoms with Crippen molar-refractivity contribution in [3.8, 4) is 0 Å². The van der Waals surface area contributed by atoms with Crippen LogP contribution in [0.4, 0.5) is 13.2 Å². The number of amides is 2. The van der Waals surface area contributed by atoms with Gasteiger partial charge in [0, 0.05) is 43.2 Å². The van der Waals surface area contributed by atoms with E-state index in [1.54, 1.807) is 21.1 Å². The summed E-state index contributed by atoms with van der Waals surface area (Å²) in [6.45, 7) is 4.69. The number of fused-ring (bicyclic) bond motifs is 1. The molecule has 1 fully saturated rings. The highest BCUT2D eigenvalue weighted by atomic mass is 32.1. The van der Waals surface area contributed by atoms with Crippen LogP contribution in [0.15, 0.2) is 60.0 Å². The van der Waals surface area contributed by atoms with Gasteiger partial charge in [-0.2, -0.15) is 13.2 Å². The summed E-state index contributed by atoms with van der Waals surface area (Å²) in [5, 5.41) is 2.12. The standard InChI is InChI=1S/C28H28F3N3O2S/c1-19-4-2-3-5-22(19)26-23-11-17-37-24(23)10-12-34(26)18-25(35)32-13-15-33(16-14-32)27(36)20-6-8-21(9-7-20)28(29,30)31/h2-9,11,17,26H,10,12-16,18H2,1H3/t26-/m1/s1. The van der Waals surface area contributed by atoms with E-state index in [4.69, 9.17) is 0 Å². The number of piperazine rings is 1. The first kappa shape index (κ1) is 25.5. The molecule has 1 saturated heterocycles. The van der Waals surface area contributed by atoms with Crippen LogP contribution in [0.1, 0.15) is 43.5 Å². The Morgan fingerprint density at radius 1 is 0.892 bits per heavy atom. The van der Waals surface area contributed by atoms with Gasteiger partial charge in [-0.25, -0.2) is 0 Å². The Morgan fingerprint density at radius 3 is 2.24 bits per heavy atom. The molecule has 5 rings (SSSR count). The maximum Gasteiger partial charge on any atom is 0.416 e. The van der Waals surface area contributed by atoms with Gasteiger partial charge in [0.1, 0.15) is 0 Å². The van der Waals surface area contributed by atoms with Crippen LogP contribution in [0.3, 0.4) is 0 Å². The van der Waals surface area contributed by atoms with Crippen molar-refractivity contribution >= 4 is 23.2 Å². The van der Waals surface area contributed by atoms with Crippen molar-refractivity contribution < 1.29 is 22.8 Å². The molecule has 0 N–H and O–H groups in total. The molecule has 9 heteroatoms. The average molecular weight is 528 g/mol. The highest BCUT2D eigenvalue weighted by Gasteiger charge is 2.34. The number of carbonyl (C=O) groups excluding carboxylic acids is 2. The molecule has 1 aromatic heterocycles. The van der Waals surface area contributed by atoms with Gasteiger partial charge in [-0.05, 0) is 65.7 Å². The second-order valence-corrected chi connectivity index (χ2v) is 10.5. The minimum Gasteiger partial charge on any atom is -0.338 e. The van der Waals surface area contributed by atoms with Crippen molar-refractivity contribution in [2.45, 2.75) is 25.6 Å². The van der Waals surface area contributed by atoms with Crippen molar-refractivity contribution in [1.29, 1.82) is 0 Å². The topological polar surface area (TPSA) is 43.9 Å². The third-order valence-corrected chi connectivity index (χ3v) is 8.26. The van der Waals surface area contributed by atoms with Crippen molar-refractivity contribution in [3.63, 3.8) is 0 Å². The summed E-state index contributed by atoms with van der Waals surface area (Å²) < 4.78 is 38.5. The lowest BCUT2D eigenvalue weighted by atomic mass is 9.90. The summed E-state index contributed by atoms with van der Waals surface area (Å²) in [6, 6.07) is 14.8. The molecule has 2 amide bonds. The van der Waals surface area contributed by atoms with Gasteiger partial charge in [-0.1, -0.05) is 24.3 Å². The first-order chi connectivity index (χ1) is 17.7. The van der Waals surface area contributed by atoms with E-state index in [9.17, 15) is 22.8 Å². The highest BCUT2D eigenvalue weighted by molar-refractivity contribution is 7.10. The molecule has 5 nitrogen and oxygen atoms in total. The van der Waals surface area contributed by atoms with Gasteiger partial charge in [0.2, 0.25) is 5.91 Å². The lowest BCUT2D eigenvalue weighted by molar-refractivity contribution is -0.137. The van der Waals surface area contributed by atoms with Crippen LogP contribution in [-0.4, -0.2) is 65.8 Å². The molecule has 0 radical (unpaired) electrons. The van der Waals surface area contributed by atoms with E-state index >= 15 is 0 Å². The fourth-order valence-corrected chi connectivity index (χ4v) is 6.12. The first-order valence-electron chi connectivity index (χ1n) is 12.3. The molecule has 0 spiro atoms. The quantitative estimate of drug-likeness (QED) is 0.479. The number of hydrogen-bond donors (Lipinski definition) is 0. The minimum atomic E-state index is -4.44. The summed E-state index contributed by atoms with van der Waals surface area (Å²) in [4.78, 5) is 33.1. The van der Waals surface area contributed by atoms with E-state index in [-0.39, 0.29) is 23.4 Å². The molecule has 2 aliphatic rings. The molecule has 0 bridgehead atoms. The predicted molar refractivity (Wildman–Crippen MR) is 137 cm³/mol. The van der Waals surface area contributed by atoms with Crippen LogP contribution in [0.25, 0.3) is 0 Å². The summed E-state index contributed by atoms with van der Waals surface area (Å²) >= 11 is 1.77. The van der Waals surface area contributed by atoms with Crippen LogP contribution in [0.5, 0.6) is 0 Å². The summed E-state index contributed by atoms with van der Waals surface area (Å²) in [5.74, 6) is -0.291. The van der Waals surface area contributed by atoms with E-state index in [1.807, 2.05) is 12.1 Å². The lowest BCUT2D eigenvalue weighted by Gasteiger charge is -2.39. The number of halogens is 3. The Bertz CT molecular complexity index is 1280. The second kappa shape index (κ2) is 10.3. The van der Waals surface area contributed by atoms with E-state index in [2.05, 4.69) is 35.4 Å². The third kappa shape index (κ3) is 5.29. The second-order valence-electron chi connectivity index (χ2n) is 9.53. The van der Waals surface area contributed by atoms with Gasteiger partial charge in [0.15, 0.2) is 0 Å². The largest absolute Gasteiger partial charge is 0.416 e. The third-order valence-electron chi connectivity index (χ3n) is 7.27. The van der Waals surface area contributed by atoms with E-state index < -0.39 is 11.7 Å². The number of benzene rings is 2. The molecule has 0 saturated carbocycles. The molecule has 3 heterocycles. The number of nitrogens with zero attached hydrogens (tertiary/aromatic N) is 3. The maximum absolute atomic E-state index is 13.3. The van der Waals surface area contributed by atoms with Gasteiger partial charge in [-0.15, -0.1) is 11.3 Å². The van der Waals surface area contributed by atoms with Crippen LogP contribution in [0.2, 0.25) is 0 Å². The van der Waals surface area contributed by atoms with Gasteiger partial charge in [0.25, 0.3) is 5.91 Å². The molecule has 0 unspecified atom stereocenters. The van der Waals surface area contributed by atoms with E-state index in [0.717, 1.165) is 25.1 Å². The smallest absolute Gasteiger partial charge is 0.338 e. The summed E-state index contributed by atoms with van der Waals surface area (Å²) in [5.41, 5.74) is 3.11.